The van der Waals surface area contributed by atoms with Crippen molar-refractivity contribution in [2.45, 2.75) is 24.8 Å². The van der Waals surface area contributed by atoms with Gasteiger partial charge in [-0.1, -0.05) is 11.6 Å². The molecule has 1 saturated carbocycles. The van der Waals surface area contributed by atoms with Crippen LogP contribution in [0, 0.1) is 11.7 Å². The number of aromatic nitrogens is 3. The van der Waals surface area contributed by atoms with Crippen molar-refractivity contribution in [3.8, 4) is 0 Å². The predicted octanol–water partition coefficient (Wildman–Crippen LogP) is 2.11. The smallest absolute Gasteiger partial charge is 0.223 e. The van der Waals surface area contributed by atoms with Crippen LogP contribution in [0.15, 0.2) is 24.5 Å². The molecule has 132 valence electrons. The molecule has 1 N–H and O–H groups in total. The Bertz CT molecular complexity index is 806. The zero-order valence-corrected chi connectivity index (χ0v) is 14.6. The minimum absolute atomic E-state index is 0.0204. The molecule has 1 amide bonds. The van der Waals surface area contributed by atoms with Crippen LogP contribution in [0.3, 0.4) is 0 Å². The number of anilines is 1. The van der Waals surface area contributed by atoms with Gasteiger partial charge in [0.1, 0.15) is 0 Å². The van der Waals surface area contributed by atoms with Gasteiger partial charge in [-0.25, -0.2) is 9.37 Å². The Hall–Kier alpha value is -2.15. The van der Waals surface area contributed by atoms with Gasteiger partial charge in [0, 0.05) is 50.1 Å². The Balaban J connectivity index is 1.61. The van der Waals surface area contributed by atoms with Crippen molar-refractivity contribution in [2.75, 3.05) is 18.0 Å². The number of aryl methyl sites for hydroxylation is 1. The number of amides is 1. The lowest BCUT2D eigenvalue weighted by atomic mass is 9.99. The Kier molecular flexibility index (Phi) is 4.11. The first-order valence-corrected chi connectivity index (χ1v) is 8.75. The molecule has 6 nitrogen and oxygen atoms in total. The van der Waals surface area contributed by atoms with E-state index in [0.717, 1.165) is 18.5 Å². The normalized spacial score (nSPS) is 23.1. The highest BCUT2D eigenvalue weighted by molar-refractivity contribution is 6.30. The molecule has 1 aliphatic heterocycles. The zero-order valence-electron chi connectivity index (χ0n) is 13.8. The molecule has 1 saturated heterocycles. The molecule has 3 heterocycles. The monoisotopic (exact) mass is 363 g/mol. The summed E-state index contributed by atoms with van der Waals surface area (Å²) in [6.07, 6.45) is 5.08. The van der Waals surface area contributed by atoms with Gasteiger partial charge in [0.15, 0.2) is 11.6 Å². The van der Waals surface area contributed by atoms with Crippen molar-refractivity contribution in [1.82, 2.24) is 20.1 Å². The summed E-state index contributed by atoms with van der Waals surface area (Å²) in [5.41, 5.74) is 1.01. The number of hydrogen-bond donors (Lipinski definition) is 1. The third kappa shape index (κ3) is 3.20. The SMILES string of the molecule is Cn1nccc1[C@@H]1CN(c2ncc(Cl)cc2F)C[C@H]1NC(=O)C1CC1. The lowest BCUT2D eigenvalue weighted by Crippen LogP contribution is -2.41. The van der Waals surface area contributed by atoms with Crippen molar-refractivity contribution >= 4 is 23.3 Å². The maximum atomic E-state index is 14.3. The fourth-order valence-corrected chi connectivity index (χ4v) is 3.60. The first kappa shape index (κ1) is 16.3. The maximum Gasteiger partial charge on any atom is 0.223 e. The van der Waals surface area contributed by atoms with Crippen LogP contribution in [0.4, 0.5) is 10.2 Å². The minimum Gasteiger partial charge on any atom is -0.351 e. The van der Waals surface area contributed by atoms with Crippen LogP contribution in [-0.2, 0) is 11.8 Å². The summed E-state index contributed by atoms with van der Waals surface area (Å²) < 4.78 is 16.1. The highest BCUT2D eigenvalue weighted by Gasteiger charge is 2.40. The molecule has 2 fully saturated rings. The van der Waals surface area contributed by atoms with E-state index in [9.17, 15) is 9.18 Å². The lowest BCUT2D eigenvalue weighted by molar-refractivity contribution is -0.122. The molecule has 2 aliphatic rings. The summed E-state index contributed by atoms with van der Waals surface area (Å²) >= 11 is 5.80. The summed E-state index contributed by atoms with van der Waals surface area (Å²) in [7, 11) is 1.87. The molecular formula is C17H19ClFN5O. The zero-order chi connectivity index (χ0) is 17.6. The number of carbonyl (C=O) groups is 1. The molecule has 0 aromatic carbocycles. The van der Waals surface area contributed by atoms with Crippen LogP contribution in [-0.4, -0.2) is 39.8 Å². The molecule has 8 heteroatoms. The number of hydrogen-bond acceptors (Lipinski definition) is 4. The van der Waals surface area contributed by atoms with Gasteiger partial charge >= 0.3 is 0 Å². The summed E-state index contributed by atoms with van der Waals surface area (Å²) in [6, 6.07) is 3.09. The van der Waals surface area contributed by atoms with E-state index in [1.54, 1.807) is 10.9 Å². The highest BCUT2D eigenvalue weighted by Crippen LogP contribution is 2.34. The van der Waals surface area contributed by atoms with E-state index in [0.29, 0.717) is 13.1 Å². The maximum absolute atomic E-state index is 14.3. The van der Waals surface area contributed by atoms with Gasteiger partial charge in [-0.2, -0.15) is 5.10 Å². The largest absolute Gasteiger partial charge is 0.351 e. The van der Waals surface area contributed by atoms with Crippen LogP contribution >= 0.6 is 11.6 Å². The average Bonchev–Trinajstić information content (AvgIpc) is 3.22. The molecule has 0 spiro atoms. The number of rotatable bonds is 4. The first-order valence-electron chi connectivity index (χ1n) is 8.37. The highest BCUT2D eigenvalue weighted by atomic mass is 35.5. The van der Waals surface area contributed by atoms with Crippen LogP contribution in [0.25, 0.3) is 0 Å². The van der Waals surface area contributed by atoms with E-state index in [-0.39, 0.29) is 34.6 Å². The number of halogens is 2. The van der Waals surface area contributed by atoms with Gasteiger partial charge in [0.25, 0.3) is 0 Å². The third-order valence-corrected chi connectivity index (χ3v) is 5.13. The molecule has 0 radical (unpaired) electrons. The van der Waals surface area contributed by atoms with Crippen molar-refractivity contribution in [3.63, 3.8) is 0 Å². The van der Waals surface area contributed by atoms with Gasteiger partial charge < -0.3 is 10.2 Å². The second-order valence-corrected chi connectivity index (χ2v) is 7.18. The third-order valence-electron chi connectivity index (χ3n) is 4.92. The topological polar surface area (TPSA) is 63.1 Å². The number of nitrogens with zero attached hydrogens (tertiary/aromatic N) is 4. The molecule has 0 unspecified atom stereocenters. The first-order chi connectivity index (χ1) is 12.0. The second kappa shape index (κ2) is 6.29. The second-order valence-electron chi connectivity index (χ2n) is 6.74. The van der Waals surface area contributed by atoms with Crippen molar-refractivity contribution in [3.05, 3.63) is 41.1 Å². The molecule has 2 atom stereocenters. The van der Waals surface area contributed by atoms with E-state index in [2.05, 4.69) is 15.4 Å². The summed E-state index contributed by atoms with van der Waals surface area (Å²) in [4.78, 5) is 18.3. The fourth-order valence-electron chi connectivity index (χ4n) is 3.46. The quantitative estimate of drug-likeness (QED) is 0.903. The van der Waals surface area contributed by atoms with Crippen LogP contribution < -0.4 is 10.2 Å². The molecule has 4 rings (SSSR count). The van der Waals surface area contributed by atoms with E-state index in [4.69, 9.17) is 11.6 Å². The van der Waals surface area contributed by atoms with E-state index in [1.165, 1.54) is 12.3 Å². The Labute approximate surface area is 150 Å². The van der Waals surface area contributed by atoms with Crippen LogP contribution in [0.1, 0.15) is 24.5 Å². The van der Waals surface area contributed by atoms with Gasteiger partial charge in [-0.15, -0.1) is 0 Å². The number of pyridine rings is 1. The molecular weight excluding hydrogens is 345 g/mol. The Morgan fingerprint density at radius 1 is 1.40 bits per heavy atom. The number of carbonyl (C=O) groups excluding carboxylic acids is 1. The van der Waals surface area contributed by atoms with Crippen LogP contribution in [0.5, 0.6) is 0 Å². The molecule has 0 bridgehead atoms. The summed E-state index contributed by atoms with van der Waals surface area (Å²) in [5, 5.41) is 7.63. The van der Waals surface area contributed by atoms with Crippen molar-refractivity contribution in [1.29, 1.82) is 0 Å². The fraction of sp³-hybridized carbons (Fsp3) is 0.471. The summed E-state index contributed by atoms with van der Waals surface area (Å²) in [6.45, 7) is 1.06. The van der Waals surface area contributed by atoms with Crippen molar-refractivity contribution < 1.29 is 9.18 Å². The molecule has 2 aromatic heterocycles. The number of nitrogens with one attached hydrogen (secondary N) is 1. The Morgan fingerprint density at radius 2 is 2.20 bits per heavy atom. The average molecular weight is 364 g/mol. The van der Waals surface area contributed by atoms with E-state index in [1.807, 2.05) is 18.0 Å². The standard InChI is InChI=1S/C17H19ClFN5O/c1-23-15(4-5-21-23)12-8-24(16-13(19)6-11(18)7-20-16)9-14(12)22-17(25)10-2-3-10/h4-7,10,12,14H,2-3,8-9H2,1H3,(H,22,25)/t12-,14-/m1/s1. The van der Waals surface area contributed by atoms with Gasteiger partial charge in [-0.3, -0.25) is 9.48 Å². The summed E-state index contributed by atoms with van der Waals surface area (Å²) in [5.74, 6) is 0.0485. The van der Waals surface area contributed by atoms with E-state index < -0.39 is 5.82 Å². The predicted molar refractivity (Wildman–Crippen MR) is 92.0 cm³/mol. The minimum atomic E-state index is -0.453. The lowest BCUT2D eigenvalue weighted by Gasteiger charge is -2.19. The van der Waals surface area contributed by atoms with Gasteiger partial charge in [-0.05, 0) is 25.0 Å². The molecule has 1 aliphatic carbocycles. The van der Waals surface area contributed by atoms with Gasteiger partial charge in [0.2, 0.25) is 5.91 Å². The van der Waals surface area contributed by atoms with Crippen molar-refractivity contribution in [2.24, 2.45) is 13.0 Å². The van der Waals surface area contributed by atoms with Crippen LogP contribution in [0.2, 0.25) is 5.02 Å². The molecule has 25 heavy (non-hydrogen) atoms. The molecule has 2 aromatic rings. The van der Waals surface area contributed by atoms with Gasteiger partial charge in [0.05, 0.1) is 11.1 Å². The van der Waals surface area contributed by atoms with E-state index >= 15 is 0 Å². The Morgan fingerprint density at radius 3 is 2.84 bits per heavy atom.